The van der Waals surface area contributed by atoms with Crippen molar-refractivity contribution in [2.24, 2.45) is 5.73 Å². The number of nitrogens with two attached hydrogens (primary N) is 2. The smallest absolute Gasteiger partial charge is 0.115 e. The second-order valence-electron chi connectivity index (χ2n) is 4.51. The highest BCUT2D eigenvalue weighted by molar-refractivity contribution is 5.40. The molecule has 0 aliphatic heterocycles. The lowest BCUT2D eigenvalue weighted by atomic mass is 10.1. The number of aliphatic hydroxyl groups excluding tert-OH is 1. The van der Waals surface area contributed by atoms with Crippen LogP contribution in [-0.4, -0.2) is 22.9 Å². The van der Waals surface area contributed by atoms with E-state index in [2.05, 4.69) is 12.1 Å². The van der Waals surface area contributed by atoms with Crippen LogP contribution in [0.5, 0.6) is 5.75 Å². The first-order valence-electron chi connectivity index (χ1n) is 6.58. The van der Waals surface area contributed by atoms with Gasteiger partial charge in [0, 0.05) is 12.2 Å². The van der Waals surface area contributed by atoms with Gasteiger partial charge < -0.3 is 21.7 Å². The minimum absolute atomic E-state index is 0.249. The standard InChI is InChI=1S/C10H15NO.C6H7NO/c11-8-10(12)7-6-9-4-2-1-3-5-9;7-5-1-3-6(8)4-2-5/h1-5,10,12H,6-8,11H2;1-4,8H,7H2. The summed E-state index contributed by atoms with van der Waals surface area (Å²) in [6, 6.07) is 16.5. The van der Waals surface area contributed by atoms with Crippen molar-refractivity contribution in [3.63, 3.8) is 0 Å². The maximum Gasteiger partial charge on any atom is 0.115 e. The van der Waals surface area contributed by atoms with Crippen LogP contribution >= 0.6 is 0 Å². The van der Waals surface area contributed by atoms with Crippen LogP contribution in [0.1, 0.15) is 12.0 Å². The molecule has 0 heterocycles. The first kappa shape index (κ1) is 16.0. The fraction of sp³-hybridized carbons (Fsp3) is 0.250. The van der Waals surface area contributed by atoms with Gasteiger partial charge in [-0.05, 0) is 42.7 Å². The molecule has 0 aliphatic rings. The Morgan fingerprint density at radius 1 is 0.950 bits per heavy atom. The summed E-state index contributed by atoms with van der Waals surface area (Å²) in [5, 5.41) is 17.9. The summed E-state index contributed by atoms with van der Waals surface area (Å²) >= 11 is 0. The number of hydrogen-bond donors (Lipinski definition) is 4. The van der Waals surface area contributed by atoms with Crippen molar-refractivity contribution in [3.8, 4) is 5.75 Å². The third-order valence-corrected chi connectivity index (χ3v) is 2.77. The van der Waals surface area contributed by atoms with E-state index in [1.807, 2.05) is 18.2 Å². The number of benzene rings is 2. The van der Waals surface area contributed by atoms with E-state index < -0.39 is 0 Å². The summed E-state index contributed by atoms with van der Waals surface area (Å²) in [5.41, 5.74) is 12.5. The summed E-state index contributed by atoms with van der Waals surface area (Å²) in [7, 11) is 0. The predicted molar refractivity (Wildman–Crippen MR) is 82.3 cm³/mol. The highest BCUT2D eigenvalue weighted by atomic mass is 16.3. The maximum atomic E-state index is 9.19. The number of nitrogen functional groups attached to an aromatic ring is 1. The van der Waals surface area contributed by atoms with Gasteiger partial charge in [0.25, 0.3) is 0 Å². The van der Waals surface area contributed by atoms with Gasteiger partial charge in [-0.3, -0.25) is 0 Å². The molecular formula is C16H22N2O2. The molecule has 0 saturated heterocycles. The number of hydrogen-bond acceptors (Lipinski definition) is 4. The summed E-state index contributed by atoms with van der Waals surface area (Å²) < 4.78 is 0. The molecule has 0 spiro atoms. The van der Waals surface area contributed by atoms with Gasteiger partial charge in [0.2, 0.25) is 0 Å². The minimum atomic E-state index is -0.356. The van der Waals surface area contributed by atoms with E-state index in [0.29, 0.717) is 12.2 Å². The van der Waals surface area contributed by atoms with Crippen LogP contribution in [0.15, 0.2) is 54.6 Å². The molecule has 20 heavy (non-hydrogen) atoms. The number of aryl methyl sites for hydroxylation is 1. The Morgan fingerprint density at radius 3 is 2.05 bits per heavy atom. The number of anilines is 1. The Bertz CT molecular complexity index is 451. The number of rotatable bonds is 4. The quantitative estimate of drug-likeness (QED) is 0.506. The molecule has 1 atom stereocenters. The zero-order chi connectivity index (χ0) is 14.8. The number of phenols is 1. The molecule has 0 radical (unpaired) electrons. The second kappa shape index (κ2) is 8.96. The van der Waals surface area contributed by atoms with Crippen LogP contribution in [0, 0.1) is 0 Å². The Morgan fingerprint density at radius 2 is 1.55 bits per heavy atom. The molecule has 0 aromatic heterocycles. The third-order valence-electron chi connectivity index (χ3n) is 2.77. The van der Waals surface area contributed by atoms with Crippen molar-refractivity contribution in [2.75, 3.05) is 12.3 Å². The van der Waals surface area contributed by atoms with Gasteiger partial charge in [0.15, 0.2) is 0 Å². The lowest BCUT2D eigenvalue weighted by Gasteiger charge is -2.06. The topological polar surface area (TPSA) is 92.5 Å². The average molecular weight is 274 g/mol. The fourth-order valence-corrected chi connectivity index (χ4v) is 1.57. The molecule has 0 aliphatic carbocycles. The number of aromatic hydroxyl groups is 1. The molecule has 0 saturated carbocycles. The SMILES string of the molecule is NCC(O)CCc1ccccc1.Nc1ccc(O)cc1. The van der Waals surface area contributed by atoms with E-state index in [0.717, 1.165) is 12.8 Å². The van der Waals surface area contributed by atoms with E-state index in [-0.39, 0.29) is 11.9 Å². The Balaban J connectivity index is 0.000000217. The van der Waals surface area contributed by atoms with Crippen LogP contribution in [-0.2, 0) is 6.42 Å². The molecule has 2 aromatic carbocycles. The normalized spacial score (nSPS) is 11.3. The summed E-state index contributed by atoms with van der Waals surface area (Å²) in [6.07, 6.45) is 1.30. The second-order valence-corrected chi connectivity index (χ2v) is 4.51. The highest BCUT2D eigenvalue weighted by Crippen LogP contribution is 2.09. The van der Waals surface area contributed by atoms with Crippen LogP contribution in [0.25, 0.3) is 0 Å². The molecule has 108 valence electrons. The zero-order valence-corrected chi connectivity index (χ0v) is 11.4. The average Bonchev–Trinajstić information content (AvgIpc) is 2.49. The van der Waals surface area contributed by atoms with E-state index in [1.165, 1.54) is 5.56 Å². The molecule has 0 fully saturated rings. The van der Waals surface area contributed by atoms with Crippen molar-refractivity contribution in [3.05, 3.63) is 60.2 Å². The Labute approximate surface area is 119 Å². The van der Waals surface area contributed by atoms with Gasteiger partial charge in [-0.15, -0.1) is 0 Å². The van der Waals surface area contributed by atoms with Gasteiger partial charge in [-0.1, -0.05) is 30.3 Å². The van der Waals surface area contributed by atoms with Gasteiger partial charge in [0.1, 0.15) is 5.75 Å². The van der Waals surface area contributed by atoms with Crippen molar-refractivity contribution >= 4 is 5.69 Å². The molecule has 4 nitrogen and oxygen atoms in total. The van der Waals surface area contributed by atoms with E-state index >= 15 is 0 Å². The van der Waals surface area contributed by atoms with Crippen molar-refractivity contribution in [2.45, 2.75) is 18.9 Å². The summed E-state index contributed by atoms with van der Waals surface area (Å²) in [6.45, 7) is 0.354. The highest BCUT2D eigenvalue weighted by Gasteiger charge is 2.00. The Kier molecular flexibility index (Phi) is 7.17. The molecular weight excluding hydrogens is 252 g/mol. The molecule has 4 heteroatoms. The van der Waals surface area contributed by atoms with Gasteiger partial charge >= 0.3 is 0 Å². The predicted octanol–water partition coefficient (Wildman–Crippen LogP) is 1.91. The molecule has 2 rings (SSSR count). The minimum Gasteiger partial charge on any atom is -0.508 e. The van der Waals surface area contributed by atoms with Crippen molar-refractivity contribution in [1.29, 1.82) is 0 Å². The first-order valence-corrected chi connectivity index (χ1v) is 6.58. The third kappa shape index (κ3) is 6.78. The number of phenolic OH excluding ortho intramolecular Hbond substituents is 1. The monoisotopic (exact) mass is 274 g/mol. The summed E-state index contributed by atoms with van der Waals surface area (Å²) in [4.78, 5) is 0. The molecule has 2 aromatic rings. The molecule has 6 N–H and O–H groups in total. The Hall–Kier alpha value is -2.04. The van der Waals surface area contributed by atoms with E-state index in [1.54, 1.807) is 24.3 Å². The number of aliphatic hydroxyl groups is 1. The maximum absolute atomic E-state index is 9.19. The van der Waals surface area contributed by atoms with Crippen LogP contribution < -0.4 is 11.5 Å². The molecule has 0 amide bonds. The zero-order valence-electron chi connectivity index (χ0n) is 11.4. The molecule has 1 unspecified atom stereocenters. The van der Waals surface area contributed by atoms with E-state index in [9.17, 15) is 5.11 Å². The van der Waals surface area contributed by atoms with Crippen molar-refractivity contribution < 1.29 is 10.2 Å². The largest absolute Gasteiger partial charge is 0.508 e. The lowest BCUT2D eigenvalue weighted by molar-refractivity contribution is 0.173. The fourth-order valence-electron chi connectivity index (χ4n) is 1.57. The summed E-state index contributed by atoms with van der Waals surface area (Å²) in [5.74, 6) is 0.249. The lowest BCUT2D eigenvalue weighted by Crippen LogP contribution is -2.20. The van der Waals surface area contributed by atoms with Crippen LogP contribution in [0.2, 0.25) is 0 Å². The van der Waals surface area contributed by atoms with Crippen LogP contribution in [0.4, 0.5) is 5.69 Å². The van der Waals surface area contributed by atoms with Crippen LogP contribution in [0.3, 0.4) is 0 Å². The molecule has 0 bridgehead atoms. The van der Waals surface area contributed by atoms with Gasteiger partial charge in [0.05, 0.1) is 6.10 Å². The van der Waals surface area contributed by atoms with E-state index in [4.69, 9.17) is 16.6 Å². The van der Waals surface area contributed by atoms with Crippen molar-refractivity contribution in [1.82, 2.24) is 0 Å². The first-order chi connectivity index (χ1) is 9.61. The van der Waals surface area contributed by atoms with Gasteiger partial charge in [-0.2, -0.15) is 0 Å². The van der Waals surface area contributed by atoms with Gasteiger partial charge in [-0.25, -0.2) is 0 Å².